The summed E-state index contributed by atoms with van der Waals surface area (Å²) in [5.41, 5.74) is -0.945. The molecule has 2 saturated carbocycles. The third-order valence-electron chi connectivity index (χ3n) is 8.80. The van der Waals surface area contributed by atoms with E-state index in [-0.39, 0.29) is 11.7 Å². The van der Waals surface area contributed by atoms with E-state index in [0.29, 0.717) is 24.7 Å². The first-order valence-corrected chi connectivity index (χ1v) is 14.8. The van der Waals surface area contributed by atoms with E-state index in [1.54, 1.807) is 6.92 Å². The Balaban J connectivity index is 1.33. The van der Waals surface area contributed by atoms with Crippen LogP contribution in [0.4, 0.5) is 17.6 Å². The first kappa shape index (κ1) is 30.1. The lowest BCUT2D eigenvalue weighted by Crippen LogP contribution is -2.30. The first-order valence-electron chi connectivity index (χ1n) is 14.8. The normalized spacial score (nSPS) is 23.4. The number of carbonyl (C=O) groups excluding carboxylic acids is 1. The van der Waals surface area contributed by atoms with E-state index in [2.05, 4.69) is 6.92 Å². The number of rotatable bonds is 10. The van der Waals surface area contributed by atoms with Crippen molar-refractivity contribution in [1.82, 2.24) is 0 Å². The third kappa shape index (κ3) is 7.08. The molecule has 2 fully saturated rings. The van der Waals surface area contributed by atoms with Crippen molar-refractivity contribution in [3.8, 4) is 22.6 Å². The van der Waals surface area contributed by atoms with Crippen molar-refractivity contribution in [1.29, 1.82) is 0 Å². The van der Waals surface area contributed by atoms with E-state index in [1.807, 2.05) is 0 Å². The van der Waals surface area contributed by atoms with Gasteiger partial charge in [0.1, 0.15) is 0 Å². The summed E-state index contributed by atoms with van der Waals surface area (Å²) in [6.07, 6.45) is 16.3. The largest absolute Gasteiger partial charge is 0.462 e. The highest BCUT2D eigenvalue weighted by atomic mass is 19.2. The molecule has 0 aliphatic heterocycles. The van der Waals surface area contributed by atoms with Crippen molar-refractivity contribution in [2.45, 2.75) is 90.9 Å². The van der Waals surface area contributed by atoms with Crippen molar-refractivity contribution in [2.75, 3.05) is 0 Å². The van der Waals surface area contributed by atoms with E-state index in [1.165, 1.54) is 63.7 Å². The van der Waals surface area contributed by atoms with Gasteiger partial charge in [-0.1, -0.05) is 51.5 Å². The number of carbonyl (C=O) groups is 1. The Labute approximate surface area is 235 Å². The molecule has 0 saturated heterocycles. The first-order chi connectivity index (χ1) is 19.3. The maximum atomic E-state index is 14.9. The van der Waals surface area contributed by atoms with Gasteiger partial charge in [-0.2, -0.15) is 8.78 Å². The summed E-state index contributed by atoms with van der Waals surface area (Å²) >= 11 is 0. The minimum atomic E-state index is -1.42. The summed E-state index contributed by atoms with van der Waals surface area (Å²) in [5, 5.41) is 0. The standard InChI is InChI=1S/C33H40F4O3/c1-3-5-6-7-21-8-10-22(11-9-21)23-12-14-24(15-13-23)33(38)40-28-19-17-26(30(35)32(28)37)25-16-18-27(39-20-4-2)31(36)29(25)34/h4,16-24H,3,5-15H2,1-2H3/b20-4+. The summed E-state index contributed by atoms with van der Waals surface area (Å²) in [6, 6.07) is 4.41. The Morgan fingerprint density at radius 2 is 1.32 bits per heavy atom. The van der Waals surface area contributed by atoms with Crippen LogP contribution in [0, 0.1) is 46.9 Å². The number of esters is 1. The van der Waals surface area contributed by atoms with Gasteiger partial charge in [-0.15, -0.1) is 0 Å². The molecule has 3 nitrogen and oxygen atoms in total. The molecule has 0 bridgehead atoms. The Bertz CT molecular complexity index is 1180. The summed E-state index contributed by atoms with van der Waals surface area (Å²) in [4.78, 5) is 12.8. The molecule has 0 amide bonds. The van der Waals surface area contributed by atoms with Crippen LogP contribution in [-0.2, 0) is 4.79 Å². The zero-order chi connectivity index (χ0) is 28.6. The minimum absolute atomic E-state index is 0.361. The summed E-state index contributed by atoms with van der Waals surface area (Å²) < 4.78 is 69.0. The van der Waals surface area contributed by atoms with Gasteiger partial charge in [0, 0.05) is 11.1 Å². The van der Waals surface area contributed by atoms with Crippen molar-refractivity contribution < 1.29 is 31.8 Å². The number of benzene rings is 2. The summed E-state index contributed by atoms with van der Waals surface area (Å²) in [7, 11) is 0. The molecule has 0 heterocycles. The van der Waals surface area contributed by atoms with Crippen molar-refractivity contribution >= 4 is 5.97 Å². The second-order valence-electron chi connectivity index (χ2n) is 11.4. The molecular weight excluding hydrogens is 520 g/mol. The minimum Gasteiger partial charge on any atom is -0.462 e. The second kappa shape index (κ2) is 14.2. The molecule has 40 heavy (non-hydrogen) atoms. The van der Waals surface area contributed by atoms with Crippen LogP contribution >= 0.6 is 0 Å². The van der Waals surface area contributed by atoms with Crippen LogP contribution in [0.25, 0.3) is 11.1 Å². The van der Waals surface area contributed by atoms with Gasteiger partial charge in [0.25, 0.3) is 0 Å². The summed E-state index contributed by atoms with van der Waals surface area (Å²) in [5.74, 6) is -5.20. The lowest BCUT2D eigenvalue weighted by molar-refractivity contribution is -0.140. The molecule has 2 aromatic rings. The van der Waals surface area contributed by atoms with E-state index >= 15 is 0 Å². The predicted octanol–water partition coefficient (Wildman–Crippen LogP) is 9.92. The van der Waals surface area contributed by atoms with E-state index in [0.717, 1.165) is 43.0 Å². The topological polar surface area (TPSA) is 35.5 Å². The van der Waals surface area contributed by atoms with Crippen LogP contribution in [0.1, 0.15) is 90.9 Å². The molecule has 7 heteroatoms. The molecule has 0 aromatic heterocycles. The van der Waals surface area contributed by atoms with Crippen LogP contribution in [0.15, 0.2) is 36.6 Å². The molecule has 0 atom stereocenters. The quantitative estimate of drug-likeness (QED) is 0.0954. The second-order valence-corrected chi connectivity index (χ2v) is 11.4. The Morgan fingerprint density at radius 3 is 1.90 bits per heavy atom. The number of hydrogen-bond acceptors (Lipinski definition) is 3. The number of allylic oxidation sites excluding steroid dienone is 1. The molecule has 218 valence electrons. The van der Waals surface area contributed by atoms with Crippen LogP contribution in [0.2, 0.25) is 0 Å². The van der Waals surface area contributed by atoms with E-state index in [9.17, 15) is 22.4 Å². The monoisotopic (exact) mass is 560 g/mol. The van der Waals surface area contributed by atoms with Gasteiger partial charge in [-0.05, 0) is 87.5 Å². The highest BCUT2D eigenvalue weighted by molar-refractivity contribution is 5.76. The Morgan fingerprint density at radius 1 is 0.775 bits per heavy atom. The van der Waals surface area contributed by atoms with E-state index in [4.69, 9.17) is 9.47 Å². The van der Waals surface area contributed by atoms with Crippen LogP contribution < -0.4 is 9.47 Å². The molecule has 0 N–H and O–H groups in total. The lowest BCUT2D eigenvalue weighted by Gasteiger charge is -2.37. The maximum absolute atomic E-state index is 14.9. The average Bonchev–Trinajstić information content (AvgIpc) is 2.97. The van der Waals surface area contributed by atoms with Crippen molar-refractivity contribution in [2.24, 2.45) is 23.7 Å². The average molecular weight is 561 g/mol. The zero-order valence-electron chi connectivity index (χ0n) is 23.5. The van der Waals surface area contributed by atoms with E-state index < -0.39 is 46.1 Å². The molecule has 0 unspecified atom stereocenters. The van der Waals surface area contributed by atoms with Crippen molar-refractivity contribution in [3.05, 3.63) is 59.9 Å². The smallest absolute Gasteiger partial charge is 0.314 e. The predicted molar refractivity (Wildman–Crippen MR) is 148 cm³/mol. The summed E-state index contributed by atoms with van der Waals surface area (Å²) in [6.45, 7) is 3.88. The number of ether oxygens (including phenoxy) is 2. The fraction of sp³-hybridized carbons (Fsp3) is 0.545. The SMILES string of the molecule is C/C=C/Oc1ccc(-c2ccc(OC(=O)C3CCC(C4CCC(CCCCC)CC4)CC3)c(F)c2F)c(F)c1F. The van der Waals surface area contributed by atoms with Gasteiger partial charge >= 0.3 is 5.97 Å². The van der Waals surface area contributed by atoms with Gasteiger partial charge in [0.15, 0.2) is 23.1 Å². The zero-order valence-corrected chi connectivity index (χ0v) is 23.5. The number of hydrogen-bond donors (Lipinski definition) is 0. The molecule has 2 aliphatic carbocycles. The van der Waals surface area contributed by atoms with Gasteiger partial charge in [-0.3, -0.25) is 4.79 Å². The van der Waals surface area contributed by atoms with Gasteiger partial charge < -0.3 is 9.47 Å². The molecule has 2 aliphatic rings. The number of halogens is 4. The highest BCUT2D eigenvalue weighted by Gasteiger charge is 2.34. The third-order valence-corrected chi connectivity index (χ3v) is 8.80. The van der Waals surface area contributed by atoms with Crippen LogP contribution in [0.3, 0.4) is 0 Å². The Hall–Kier alpha value is -2.83. The maximum Gasteiger partial charge on any atom is 0.314 e. The fourth-order valence-electron chi connectivity index (χ4n) is 6.44. The number of unbranched alkanes of at least 4 members (excludes halogenated alkanes) is 2. The molecule has 0 spiro atoms. The van der Waals surface area contributed by atoms with Crippen LogP contribution in [-0.4, -0.2) is 5.97 Å². The fourth-order valence-corrected chi connectivity index (χ4v) is 6.44. The van der Waals surface area contributed by atoms with Gasteiger partial charge in [0.05, 0.1) is 12.2 Å². The molecular formula is C33H40F4O3. The highest BCUT2D eigenvalue weighted by Crippen LogP contribution is 2.43. The molecule has 4 rings (SSSR count). The lowest BCUT2D eigenvalue weighted by atomic mass is 9.68. The van der Waals surface area contributed by atoms with Gasteiger partial charge in [-0.25, -0.2) is 8.78 Å². The molecule has 0 radical (unpaired) electrons. The Kier molecular flexibility index (Phi) is 10.7. The molecule has 2 aromatic carbocycles. The van der Waals surface area contributed by atoms with Crippen molar-refractivity contribution in [3.63, 3.8) is 0 Å². The van der Waals surface area contributed by atoms with Crippen LogP contribution in [0.5, 0.6) is 11.5 Å². The van der Waals surface area contributed by atoms with Gasteiger partial charge in [0.2, 0.25) is 11.6 Å².